The van der Waals surface area contributed by atoms with Crippen LogP contribution < -0.4 is 11.3 Å². The number of rotatable bonds is 6. The number of hydrogen-bond donors (Lipinski definition) is 2. The van der Waals surface area contributed by atoms with E-state index in [1.54, 1.807) is 11.3 Å². The topological polar surface area (TPSA) is 60.2 Å². The Labute approximate surface area is 105 Å². The van der Waals surface area contributed by atoms with E-state index in [0.29, 0.717) is 13.2 Å². The number of hydrogen-bond acceptors (Lipinski definition) is 5. The Bertz CT molecular complexity index is 438. The highest BCUT2D eigenvalue weighted by Crippen LogP contribution is 2.22. The number of ether oxygens (including phenoxy) is 1. The summed E-state index contributed by atoms with van der Waals surface area (Å²) in [7, 11) is 0. The molecule has 1 aromatic carbocycles. The minimum atomic E-state index is 0.121. The molecule has 0 aliphatic rings. The third-order valence-electron chi connectivity index (χ3n) is 2.52. The maximum Gasteiger partial charge on any atom is 0.0955 e. The molecule has 92 valence electrons. The molecule has 2 rings (SSSR count). The molecule has 1 atom stereocenters. The normalized spacial score (nSPS) is 13.1. The molecule has 0 amide bonds. The highest BCUT2D eigenvalue weighted by molar-refractivity contribution is 7.18. The largest absolute Gasteiger partial charge is 0.380 e. The van der Waals surface area contributed by atoms with Crippen molar-refractivity contribution >= 4 is 21.6 Å². The fourth-order valence-corrected chi connectivity index (χ4v) is 2.69. The van der Waals surface area contributed by atoms with Crippen LogP contribution in [-0.4, -0.2) is 24.2 Å². The summed E-state index contributed by atoms with van der Waals surface area (Å²) in [5, 5.41) is 1.09. The molecule has 17 heavy (non-hydrogen) atoms. The van der Waals surface area contributed by atoms with Crippen molar-refractivity contribution in [3.63, 3.8) is 0 Å². The van der Waals surface area contributed by atoms with E-state index in [1.807, 2.05) is 25.1 Å². The Morgan fingerprint density at radius 1 is 1.47 bits per heavy atom. The molecule has 1 unspecified atom stereocenters. The van der Waals surface area contributed by atoms with Crippen molar-refractivity contribution in [2.75, 3.05) is 13.2 Å². The van der Waals surface area contributed by atoms with Gasteiger partial charge in [0.05, 0.1) is 27.9 Å². The van der Waals surface area contributed by atoms with Gasteiger partial charge in [-0.15, -0.1) is 11.3 Å². The molecule has 0 saturated carbocycles. The Hall–Kier alpha value is -1.01. The van der Waals surface area contributed by atoms with Crippen LogP contribution >= 0.6 is 11.3 Å². The van der Waals surface area contributed by atoms with Crippen LogP contribution in [0.25, 0.3) is 10.2 Å². The number of hydrazine groups is 1. The van der Waals surface area contributed by atoms with E-state index in [1.165, 1.54) is 4.70 Å². The molecule has 0 fully saturated rings. The maximum absolute atomic E-state index is 5.50. The van der Waals surface area contributed by atoms with Crippen LogP contribution in [0.5, 0.6) is 0 Å². The van der Waals surface area contributed by atoms with Crippen LogP contribution in [0.1, 0.15) is 11.9 Å². The molecule has 0 saturated heterocycles. The van der Waals surface area contributed by atoms with E-state index in [-0.39, 0.29) is 6.04 Å². The molecule has 1 aromatic heterocycles. The van der Waals surface area contributed by atoms with Crippen molar-refractivity contribution in [3.05, 3.63) is 29.3 Å². The summed E-state index contributed by atoms with van der Waals surface area (Å²) in [4.78, 5) is 4.58. The molecule has 3 N–H and O–H groups in total. The minimum absolute atomic E-state index is 0.121. The first-order chi connectivity index (χ1) is 8.33. The summed E-state index contributed by atoms with van der Waals surface area (Å²) in [6.07, 6.45) is 0.801. The van der Waals surface area contributed by atoms with Gasteiger partial charge in [-0.25, -0.2) is 4.98 Å². The van der Waals surface area contributed by atoms with Gasteiger partial charge >= 0.3 is 0 Å². The highest BCUT2D eigenvalue weighted by Gasteiger charge is 2.11. The minimum Gasteiger partial charge on any atom is -0.380 e. The summed E-state index contributed by atoms with van der Waals surface area (Å²) in [6.45, 7) is 3.30. The van der Waals surface area contributed by atoms with E-state index in [4.69, 9.17) is 10.6 Å². The van der Waals surface area contributed by atoms with E-state index in [9.17, 15) is 0 Å². The monoisotopic (exact) mass is 251 g/mol. The summed E-state index contributed by atoms with van der Waals surface area (Å²) >= 11 is 1.71. The van der Waals surface area contributed by atoms with E-state index < -0.39 is 0 Å². The molecule has 0 aliphatic heterocycles. The van der Waals surface area contributed by atoms with Gasteiger partial charge in [-0.2, -0.15) is 0 Å². The highest BCUT2D eigenvalue weighted by atomic mass is 32.1. The maximum atomic E-state index is 5.50. The van der Waals surface area contributed by atoms with E-state index in [0.717, 1.165) is 16.9 Å². The zero-order valence-electron chi connectivity index (χ0n) is 9.85. The number of nitrogens with one attached hydrogen (secondary N) is 1. The summed E-state index contributed by atoms with van der Waals surface area (Å²) < 4.78 is 6.58. The van der Waals surface area contributed by atoms with Crippen molar-refractivity contribution in [3.8, 4) is 0 Å². The average molecular weight is 251 g/mol. The molecule has 2 aromatic rings. The lowest BCUT2D eigenvalue weighted by atomic mass is 10.2. The average Bonchev–Trinajstić information content (AvgIpc) is 2.76. The van der Waals surface area contributed by atoms with Gasteiger partial charge in [0.2, 0.25) is 0 Å². The molecule has 0 bridgehead atoms. The predicted molar refractivity (Wildman–Crippen MR) is 70.9 cm³/mol. The van der Waals surface area contributed by atoms with Crippen LogP contribution in [0.3, 0.4) is 0 Å². The third-order valence-corrected chi connectivity index (χ3v) is 3.58. The Morgan fingerprint density at radius 3 is 3.00 bits per heavy atom. The number of nitrogens with two attached hydrogens (primary N) is 1. The summed E-state index contributed by atoms with van der Waals surface area (Å²) in [5.74, 6) is 5.50. The number of nitrogens with zero attached hydrogens (tertiary/aromatic N) is 1. The summed E-state index contributed by atoms with van der Waals surface area (Å²) in [5.41, 5.74) is 3.83. The Balaban J connectivity index is 2.06. The number of para-hydroxylation sites is 1. The molecule has 0 aliphatic carbocycles. The van der Waals surface area contributed by atoms with Gasteiger partial charge in [0, 0.05) is 13.0 Å². The van der Waals surface area contributed by atoms with Crippen molar-refractivity contribution in [1.29, 1.82) is 0 Å². The molecular weight excluding hydrogens is 234 g/mol. The van der Waals surface area contributed by atoms with Crippen molar-refractivity contribution in [1.82, 2.24) is 10.4 Å². The lowest BCUT2D eigenvalue weighted by Crippen LogP contribution is -2.40. The van der Waals surface area contributed by atoms with Crippen LogP contribution in [0, 0.1) is 0 Å². The van der Waals surface area contributed by atoms with E-state index >= 15 is 0 Å². The van der Waals surface area contributed by atoms with Crippen molar-refractivity contribution in [2.45, 2.75) is 19.4 Å². The summed E-state index contributed by atoms with van der Waals surface area (Å²) in [6, 6.07) is 8.27. The first-order valence-corrected chi connectivity index (χ1v) is 6.53. The fraction of sp³-hybridized carbons (Fsp3) is 0.417. The van der Waals surface area contributed by atoms with Crippen LogP contribution in [0.2, 0.25) is 0 Å². The first-order valence-electron chi connectivity index (χ1n) is 5.71. The quantitative estimate of drug-likeness (QED) is 0.606. The van der Waals surface area contributed by atoms with Gasteiger partial charge in [-0.3, -0.25) is 11.3 Å². The van der Waals surface area contributed by atoms with Crippen LogP contribution in [-0.2, 0) is 11.2 Å². The lowest BCUT2D eigenvalue weighted by Gasteiger charge is -2.13. The zero-order valence-corrected chi connectivity index (χ0v) is 10.7. The van der Waals surface area contributed by atoms with Gasteiger partial charge in [0.1, 0.15) is 0 Å². The molecule has 4 nitrogen and oxygen atoms in total. The van der Waals surface area contributed by atoms with Gasteiger partial charge in [-0.1, -0.05) is 12.1 Å². The molecular formula is C12H17N3OS. The van der Waals surface area contributed by atoms with Gasteiger partial charge < -0.3 is 4.74 Å². The second-order valence-electron chi connectivity index (χ2n) is 3.80. The zero-order chi connectivity index (χ0) is 12.1. The van der Waals surface area contributed by atoms with Crippen molar-refractivity contribution in [2.24, 2.45) is 5.84 Å². The van der Waals surface area contributed by atoms with Gasteiger partial charge in [0.15, 0.2) is 0 Å². The molecule has 1 heterocycles. The molecule has 0 spiro atoms. The fourth-order valence-electron chi connectivity index (χ4n) is 1.64. The SMILES string of the molecule is CCOCC(Cc1nc2ccccc2s1)NN. The number of thiazole rings is 1. The predicted octanol–water partition coefficient (Wildman–Crippen LogP) is 1.71. The van der Waals surface area contributed by atoms with Crippen molar-refractivity contribution < 1.29 is 4.74 Å². The Kier molecular flexibility index (Phi) is 4.44. The van der Waals surface area contributed by atoms with Crippen LogP contribution in [0.15, 0.2) is 24.3 Å². The standard InChI is InChI=1S/C12H17N3OS/c1-2-16-8-9(15-13)7-12-14-10-5-3-4-6-11(10)17-12/h3-6,9,15H,2,7-8,13H2,1H3. The van der Waals surface area contributed by atoms with Gasteiger partial charge in [0.25, 0.3) is 0 Å². The second-order valence-corrected chi connectivity index (χ2v) is 4.92. The molecule has 5 heteroatoms. The van der Waals surface area contributed by atoms with Gasteiger partial charge in [-0.05, 0) is 19.1 Å². The second kappa shape index (κ2) is 6.07. The number of fused-ring (bicyclic) bond motifs is 1. The first kappa shape index (κ1) is 12.4. The third kappa shape index (κ3) is 3.23. The van der Waals surface area contributed by atoms with Crippen LogP contribution in [0.4, 0.5) is 0 Å². The van der Waals surface area contributed by atoms with E-state index in [2.05, 4.69) is 16.5 Å². The lowest BCUT2D eigenvalue weighted by molar-refractivity contribution is 0.123. The molecule has 0 radical (unpaired) electrons. The Morgan fingerprint density at radius 2 is 2.29 bits per heavy atom. The number of benzene rings is 1. The smallest absolute Gasteiger partial charge is 0.0955 e. The number of aromatic nitrogens is 1.